The van der Waals surface area contributed by atoms with Crippen molar-refractivity contribution in [1.82, 2.24) is 15.3 Å². The normalized spacial score (nSPS) is 15.4. The van der Waals surface area contributed by atoms with Crippen LogP contribution in [0, 0.1) is 11.8 Å². The third kappa shape index (κ3) is 4.56. The second kappa shape index (κ2) is 8.10. The van der Waals surface area contributed by atoms with Gasteiger partial charge >= 0.3 is 0 Å². The Labute approximate surface area is 149 Å². The van der Waals surface area contributed by atoms with Gasteiger partial charge in [-0.3, -0.25) is 4.79 Å². The molecule has 1 aliphatic rings. The number of rotatable bonds is 5. The Balaban J connectivity index is 1.61. The topological polar surface area (TPSA) is 58.1 Å². The van der Waals surface area contributed by atoms with Crippen LogP contribution in [0.2, 0.25) is 0 Å². The molecule has 1 fully saturated rings. The van der Waals surface area contributed by atoms with Crippen molar-refractivity contribution in [2.75, 3.05) is 24.5 Å². The van der Waals surface area contributed by atoms with E-state index in [4.69, 9.17) is 0 Å². The summed E-state index contributed by atoms with van der Waals surface area (Å²) in [6, 6.07) is 12.2. The highest BCUT2D eigenvalue weighted by Gasteiger charge is 2.25. The lowest BCUT2D eigenvalue weighted by molar-refractivity contribution is -0.125. The van der Waals surface area contributed by atoms with E-state index in [0.29, 0.717) is 5.92 Å². The molecule has 5 nitrogen and oxygen atoms in total. The number of nitrogens with zero attached hydrogens (tertiary/aromatic N) is 3. The van der Waals surface area contributed by atoms with Crippen molar-refractivity contribution in [3.05, 3.63) is 42.7 Å². The molecule has 0 unspecified atom stereocenters. The molecule has 1 saturated heterocycles. The lowest BCUT2D eigenvalue weighted by Gasteiger charge is -2.32. The fourth-order valence-corrected chi connectivity index (χ4v) is 3.11. The standard InChI is InChI=1S/C20H26N4O/c1-15(2)13-21-20(25)17-8-10-24(11-9-17)19-12-18(22-14-23-19)16-6-4-3-5-7-16/h3-7,12,14-15,17H,8-11,13H2,1-2H3,(H,21,25). The third-order valence-electron chi connectivity index (χ3n) is 4.60. The SMILES string of the molecule is CC(C)CNC(=O)C1CCN(c2cc(-c3ccccc3)ncn2)CC1. The van der Waals surface area contributed by atoms with Gasteiger partial charge in [-0.05, 0) is 18.8 Å². The number of hydrogen-bond acceptors (Lipinski definition) is 4. The van der Waals surface area contributed by atoms with Gasteiger partial charge in [0.25, 0.3) is 0 Å². The first-order valence-corrected chi connectivity index (χ1v) is 9.03. The number of aromatic nitrogens is 2. The molecule has 3 rings (SSSR count). The van der Waals surface area contributed by atoms with E-state index >= 15 is 0 Å². The summed E-state index contributed by atoms with van der Waals surface area (Å²) in [5, 5.41) is 3.05. The summed E-state index contributed by atoms with van der Waals surface area (Å²) in [6.07, 6.45) is 3.36. The summed E-state index contributed by atoms with van der Waals surface area (Å²) in [5.74, 6) is 1.74. The summed E-state index contributed by atoms with van der Waals surface area (Å²) < 4.78 is 0. The van der Waals surface area contributed by atoms with E-state index in [1.165, 1.54) is 0 Å². The van der Waals surface area contributed by atoms with E-state index in [1.807, 2.05) is 24.3 Å². The highest BCUT2D eigenvalue weighted by atomic mass is 16.1. The molecule has 1 aromatic heterocycles. The lowest BCUT2D eigenvalue weighted by Crippen LogP contribution is -2.41. The Morgan fingerprint density at radius 1 is 1.20 bits per heavy atom. The smallest absolute Gasteiger partial charge is 0.223 e. The van der Waals surface area contributed by atoms with Gasteiger partial charge < -0.3 is 10.2 Å². The van der Waals surface area contributed by atoms with Crippen molar-refractivity contribution in [2.24, 2.45) is 11.8 Å². The maximum absolute atomic E-state index is 12.2. The van der Waals surface area contributed by atoms with Crippen molar-refractivity contribution in [1.29, 1.82) is 0 Å². The summed E-state index contributed by atoms with van der Waals surface area (Å²) in [6.45, 7) is 6.69. The molecule has 0 spiro atoms. The minimum Gasteiger partial charge on any atom is -0.356 e. The minimum absolute atomic E-state index is 0.116. The summed E-state index contributed by atoms with van der Waals surface area (Å²) in [7, 11) is 0. The van der Waals surface area contributed by atoms with Crippen LogP contribution >= 0.6 is 0 Å². The van der Waals surface area contributed by atoms with Crippen LogP contribution in [0.4, 0.5) is 5.82 Å². The summed E-state index contributed by atoms with van der Waals surface area (Å²) >= 11 is 0. The molecule has 2 aromatic rings. The lowest BCUT2D eigenvalue weighted by atomic mass is 9.95. The molecule has 25 heavy (non-hydrogen) atoms. The second-order valence-electron chi connectivity index (χ2n) is 7.03. The number of carbonyl (C=O) groups is 1. The van der Waals surface area contributed by atoms with Crippen molar-refractivity contribution >= 4 is 11.7 Å². The molecule has 1 aliphatic heterocycles. The zero-order valence-corrected chi connectivity index (χ0v) is 15.0. The molecular formula is C20H26N4O. The van der Waals surface area contributed by atoms with Crippen molar-refractivity contribution in [3.8, 4) is 11.3 Å². The van der Waals surface area contributed by atoms with Crippen molar-refractivity contribution < 1.29 is 4.79 Å². The molecule has 1 N–H and O–H groups in total. The van der Waals surface area contributed by atoms with Crippen LogP contribution in [0.1, 0.15) is 26.7 Å². The molecule has 0 saturated carbocycles. The van der Waals surface area contributed by atoms with Crippen LogP contribution in [-0.2, 0) is 4.79 Å². The molecule has 132 valence electrons. The fourth-order valence-electron chi connectivity index (χ4n) is 3.11. The van der Waals surface area contributed by atoms with E-state index in [9.17, 15) is 4.79 Å². The summed E-state index contributed by atoms with van der Waals surface area (Å²) in [5.41, 5.74) is 2.02. The van der Waals surface area contributed by atoms with E-state index in [0.717, 1.165) is 49.6 Å². The number of benzene rings is 1. The van der Waals surface area contributed by atoms with Gasteiger partial charge in [-0.25, -0.2) is 9.97 Å². The highest BCUT2D eigenvalue weighted by molar-refractivity contribution is 5.79. The van der Waals surface area contributed by atoms with Crippen LogP contribution in [0.3, 0.4) is 0 Å². The van der Waals surface area contributed by atoms with Crippen LogP contribution in [0.5, 0.6) is 0 Å². The van der Waals surface area contributed by atoms with Gasteiger partial charge in [0, 0.05) is 37.2 Å². The van der Waals surface area contributed by atoms with E-state index in [-0.39, 0.29) is 11.8 Å². The van der Waals surface area contributed by atoms with Crippen LogP contribution in [0.25, 0.3) is 11.3 Å². The maximum atomic E-state index is 12.2. The van der Waals surface area contributed by atoms with Gasteiger partial charge in [-0.1, -0.05) is 44.2 Å². The predicted molar refractivity (Wildman–Crippen MR) is 100 cm³/mol. The molecule has 1 amide bonds. The second-order valence-corrected chi connectivity index (χ2v) is 7.03. The Morgan fingerprint density at radius 3 is 2.60 bits per heavy atom. The molecule has 0 bridgehead atoms. The number of anilines is 1. The zero-order chi connectivity index (χ0) is 17.6. The first-order valence-electron chi connectivity index (χ1n) is 9.03. The Bertz CT molecular complexity index is 694. The predicted octanol–water partition coefficient (Wildman–Crippen LogP) is 3.13. The fraction of sp³-hybridized carbons (Fsp3) is 0.450. The van der Waals surface area contributed by atoms with E-state index < -0.39 is 0 Å². The molecule has 5 heteroatoms. The maximum Gasteiger partial charge on any atom is 0.223 e. The van der Waals surface area contributed by atoms with Gasteiger partial charge in [-0.15, -0.1) is 0 Å². The van der Waals surface area contributed by atoms with Crippen LogP contribution in [0.15, 0.2) is 42.7 Å². The molecule has 2 heterocycles. The van der Waals surface area contributed by atoms with Crippen LogP contribution < -0.4 is 10.2 Å². The van der Waals surface area contributed by atoms with Crippen LogP contribution in [-0.4, -0.2) is 35.5 Å². The summed E-state index contributed by atoms with van der Waals surface area (Å²) in [4.78, 5) is 23.3. The van der Waals surface area contributed by atoms with Crippen molar-refractivity contribution in [2.45, 2.75) is 26.7 Å². The number of amides is 1. The first kappa shape index (κ1) is 17.4. The number of nitrogens with one attached hydrogen (secondary N) is 1. The van der Waals surface area contributed by atoms with Gasteiger partial charge in [0.05, 0.1) is 5.69 Å². The molecule has 1 aromatic carbocycles. The zero-order valence-electron chi connectivity index (χ0n) is 15.0. The van der Waals surface area contributed by atoms with Gasteiger partial charge in [-0.2, -0.15) is 0 Å². The minimum atomic E-state index is 0.116. The Hall–Kier alpha value is -2.43. The third-order valence-corrected chi connectivity index (χ3v) is 4.60. The Morgan fingerprint density at radius 2 is 1.92 bits per heavy atom. The monoisotopic (exact) mass is 338 g/mol. The molecular weight excluding hydrogens is 312 g/mol. The molecule has 0 atom stereocenters. The van der Waals surface area contributed by atoms with E-state index in [1.54, 1.807) is 6.33 Å². The van der Waals surface area contributed by atoms with Gasteiger partial charge in [0.1, 0.15) is 12.1 Å². The highest BCUT2D eigenvalue weighted by Crippen LogP contribution is 2.25. The molecule has 0 radical (unpaired) electrons. The van der Waals surface area contributed by atoms with Gasteiger partial charge in [0.15, 0.2) is 0 Å². The average molecular weight is 338 g/mol. The first-order chi connectivity index (χ1) is 12.1. The average Bonchev–Trinajstić information content (AvgIpc) is 2.67. The number of carbonyl (C=O) groups excluding carboxylic acids is 1. The number of hydrogen-bond donors (Lipinski definition) is 1. The molecule has 0 aliphatic carbocycles. The van der Waals surface area contributed by atoms with Crippen molar-refractivity contribution in [3.63, 3.8) is 0 Å². The largest absolute Gasteiger partial charge is 0.356 e. The van der Waals surface area contributed by atoms with E-state index in [2.05, 4.69) is 46.2 Å². The quantitative estimate of drug-likeness (QED) is 0.910. The van der Waals surface area contributed by atoms with Gasteiger partial charge in [0.2, 0.25) is 5.91 Å². The number of piperidine rings is 1. The Kier molecular flexibility index (Phi) is 5.64.